The van der Waals surface area contributed by atoms with Crippen LogP contribution < -0.4 is 20.1 Å². The second-order valence-corrected chi connectivity index (χ2v) is 12.0. The molecule has 214 valence electrons. The summed E-state index contributed by atoms with van der Waals surface area (Å²) in [5, 5.41) is 6.60. The molecule has 2 bridgehead atoms. The van der Waals surface area contributed by atoms with E-state index in [0.717, 1.165) is 32.1 Å². The summed E-state index contributed by atoms with van der Waals surface area (Å²) in [6, 6.07) is 13.3. The molecule has 2 N–H and O–H groups in total. The van der Waals surface area contributed by atoms with E-state index in [9.17, 15) is 14.4 Å². The van der Waals surface area contributed by atoms with Crippen LogP contribution in [0.2, 0.25) is 5.02 Å². The average molecular weight is 578 g/mol. The van der Waals surface area contributed by atoms with Crippen molar-refractivity contribution in [2.45, 2.75) is 62.0 Å². The number of hydrogen-bond acceptors (Lipinski definition) is 6. The van der Waals surface area contributed by atoms with Crippen LogP contribution in [-0.2, 0) is 19.1 Å². The largest absolute Gasteiger partial charge is 0.486 e. The van der Waals surface area contributed by atoms with Crippen molar-refractivity contribution in [2.24, 2.45) is 11.8 Å². The van der Waals surface area contributed by atoms with Gasteiger partial charge in [-0.1, -0.05) is 61.2 Å². The number of rotatable bonds is 6. The van der Waals surface area contributed by atoms with Gasteiger partial charge in [0.25, 0.3) is 0 Å². The summed E-state index contributed by atoms with van der Waals surface area (Å²) >= 11 is 6.13. The van der Waals surface area contributed by atoms with Crippen molar-refractivity contribution in [3.63, 3.8) is 0 Å². The van der Waals surface area contributed by atoms with Crippen LogP contribution in [0.4, 0.5) is 5.69 Å². The van der Waals surface area contributed by atoms with Crippen molar-refractivity contribution in [2.75, 3.05) is 18.5 Å². The van der Waals surface area contributed by atoms with Crippen molar-refractivity contribution in [3.8, 4) is 11.5 Å². The Hall–Kier alpha value is -3.56. The zero-order valence-corrected chi connectivity index (χ0v) is 23.2. The minimum atomic E-state index is -1.25. The van der Waals surface area contributed by atoms with Crippen molar-refractivity contribution in [1.29, 1.82) is 0 Å². The van der Waals surface area contributed by atoms with E-state index in [4.69, 9.17) is 25.8 Å². The van der Waals surface area contributed by atoms with E-state index < -0.39 is 35.7 Å². The number of carbonyl (C=O) groups is 3. The predicted molar refractivity (Wildman–Crippen MR) is 151 cm³/mol. The van der Waals surface area contributed by atoms with Crippen molar-refractivity contribution in [3.05, 3.63) is 65.7 Å². The van der Waals surface area contributed by atoms with Gasteiger partial charge in [-0.25, -0.2) is 0 Å². The van der Waals surface area contributed by atoms with E-state index in [-0.39, 0.29) is 36.9 Å². The van der Waals surface area contributed by atoms with Gasteiger partial charge in [0.15, 0.2) is 17.6 Å². The molecule has 3 fully saturated rings. The number of benzene rings is 2. The zero-order valence-electron chi connectivity index (χ0n) is 22.5. The van der Waals surface area contributed by atoms with Gasteiger partial charge in [-0.2, -0.15) is 0 Å². The minimum Gasteiger partial charge on any atom is -0.486 e. The van der Waals surface area contributed by atoms with Crippen LogP contribution in [0.25, 0.3) is 0 Å². The van der Waals surface area contributed by atoms with Crippen LogP contribution in [0.1, 0.15) is 32.1 Å². The molecule has 1 spiro atoms. The minimum absolute atomic E-state index is 0.0503. The summed E-state index contributed by atoms with van der Waals surface area (Å²) in [4.78, 5) is 43.5. The number of fused-ring (bicyclic) bond motifs is 2. The molecule has 10 heteroatoms. The number of carbonyl (C=O) groups excluding carboxylic acids is 3. The van der Waals surface area contributed by atoms with Gasteiger partial charge in [-0.05, 0) is 43.2 Å². The first-order chi connectivity index (χ1) is 19.9. The first-order valence-corrected chi connectivity index (χ1v) is 14.7. The number of likely N-dealkylation sites (tertiary alicyclic amines) is 1. The SMILES string of the molecule is O=C(Nc1cccc(Cl)c1)C1[C@H]2C=C[C@@]3(O2)C(C(=O)NC2CCCCC2)N(CC2COc4ccccc4O2)C(=O)[C@@H]13. The van der Waals surface area contributed by atoms with E-state index in [0.29, 0.717) is 22.2 Å². The Morgan fingerprint density at radius 2 is 1.83 bits per heavy atom. The first-order valence-electron chi connectivity index (χ1n) is 14.4. The average Bonchev–Trinajstić information content (AvgIpc) is 3.61. The Bertz CT molecular complexity index is 1410. The number of nitrogens with zero attached hydrogens (tertiary/aromatic N) is 1. The van der Waals surface area contributed by atoms with Crippen LogP contribution in [0, 0.1) is 11.8 Å². The number of hydrogen-bond donors (Lipinski definition) is 2. The molecule has 9 nitrogen and oxygen atoms in total. The Balaban J connectivity index is 1.19. The molecule has 1 aliphatic carbocycles. The van der Waals surface area contributed by atoms with Crippen LogP contribution in [-0.4, -0.2) is 65.7 Å². The van der Waals surface area contributed by atoms with Gasteiger partial charge in [0.1, 0.15) is 18.2 Å². The maximum Gasteiger partial charge on any atom is 0.246 e. The lowest BCUT2D eigenvalue weighted by Crippen LogP contribution is -2.58. The number of para-hydroxylation sites is 2. The molecule has 1 saturated carbocycles. The van der Waals surface area contributed by atoms with Crippen LogP contribution >= 0.6 is 11.6 Å². The van der Waals surface area contributed by atoms with Gasteiger partial charge in [0.05, 0.1) is 24.5 Å². The van der Waals surface area contributed by atoms with Crippen molar-refractivity contribution < 1.29 is 28.6 Å². The van der Waals surface area contributed by atoms with Gasteiger partial charge in [-0.15, -0.1) is 0 Å². The van der Waals surface area contributed by atoms with Gasteiger partial charge >= 0.3 is 0 Å². The van der Waals surface area contributed by atoms with Gasteiger partial charge in [-0.3, -0.25) is 14.4 Å². The standard InChI is InChI=1S/C31H32ClN3O6/c32-18-7-6-10-20(15-18)34-28(36)25-24-13-14-31(41-24)26(25)30(38)35(27(31)29(37)33-19-8-2-1-3-9-19)16-21-17-39-22-11-4-5-12-23(22)40-21/h4-7,10-15,19,21,24-27H,1-3,8-9,16-17H2,(H,33,37)(H,34,36)/t21?,24-,25?,26-,27?,31+/m1/s1. The molecule has 3 amide bonds. The lowest BCUT2D eigenvalue weighted by Gasteiger charge is -2.36. The normalized spacial score (nSPS) is 31.7. The fraction of sp³-hybridized carbons (Fsp3) is 0.452. The number of ether oxygens (including phenoxy) is 3. The summed E-state index contributed by atoms with van der Waals surface area (Å²) in [5.74, 6) is -1.32. The molecular weight excluding hydrogens is 546 g/mol. The first kappa shape index (κ1) is 26.3. The summed E-state index contributed by atoms with van der Waals surface area (Å²) in [6.45, 7) is 0.353. The lowest BCUT2D eigenvalue weighted by molar-refractivity contribution is -0.143. The number of halogens is 1. The van der Waals surface area contributed by atoms with E-state index in [2.05, 4.69) is 10.6 Å². The summed E-state index contributed by atoms with van der Waals surface area (Å²) in [5.41, 5.74) is -0.715. The third-order valence-electron chi connectivity index (χ3n) is 8.94. The van der Waals surface area contributed by atoms with Crippen molar-refractivity contribution >= 4 is 35.0 Å². The Labute approximate surface area is 243 Å². The Kier molecular flexibility index (Phi) is 6.66. The molecule has 2 saturated heterocycles. The fourth-order valence-electron chi connectivity index (χ4n) is 7.16. The fourth-order valence-corrected chi connectivity index (χ4v) is 7.35. The molecule has 4 heterocycles. The van der Waals surface area contributed by atoms with Gasteiger partial charge in [0.2, 0.25) is 17.7 Å². The van der Waals surface area contributed by atoms with Gasteiger partial charge < -0.3 is 29.7 Å². The van der Waals surface area contributed by atoms with Crippen LogP contribution in [0.3, 0.4) is 0 Å². The molecule has 6 atom stereocenters. The van der Waals surface area contributed by atoms with E-state index in [1.807, 2.05) is 36.4 Å². The summed E-state index contributed by atoms with van der Waals surface area (Å²) in [7, 11) is 0. The van der Waals surface area contributed by atoms with E-state index in [1.165, 1.54) is 0 Å². The molecule has 2 aromatic carbocycles. The lowest BCUT2D eigenvalue weighted by atomic mass is 9.74. The highest BCUT2D eigenvalue weighted by molar-refractivity contribution is 6.30. The summed E-state index contributed by atoms with van der Waals surface area (Å²) < 4.78 is 18.5. The quantitative estimate of drug-likeness (QED) is 0.507. The highest BCUT2D eigenvalue weighted by atomic mass is 35.5. The highest BCUT2D eigenvalue weighted by Crippen LogP contribution is 2.55. The number of nitrogens with one attached hydrogen (secondary N) is 2. The Morgan fingerprint density at radius 3 is 2.63 bits per heavy atom. The van der Waals surface area contributed by atoms with E-state index >= 15 is 0 Å². The predicted octanol–water partition coefficient (Wildman–Crippen LogP) is 3.72. The second-order valence-electron chi connectivity index (χ2n) is 11.5. The molecule has 41 heavy (non-hydrogen) atoms. The number of anilines is 1. The molecule has 3 unspecified atom stereocenters. The molecule has 7 rings (SSSR count). The molecule has 5 aliphatic rings. The van der Waals surface area contributed by atoms with Crippen molar-refractivity contribution in [1.82, 2.24) is 10.2 Å². The van der Waals surface area contributed by atoms with Crippen LogP contribution in [0.5, 0.6) is 11.5 Å². The van der Waals surface area contributed by atoms with Crippen LogP contribution in [0.15, 0.2) is 60.7 Å². The second kappa shape index (κ2) is 10.4. The third-order valence-corrected chi connectivity index (χ3v) is 9.17. The number of amides is 3. The highest BCUT2D eigenvalue weighted by Gasteiger charge is 2.73. The zero-order chi connectivity index (χ0) is 28.1. The molecule has 0 radical (unpaired) electrons. The molecule has 4 aliphatic heterocycles. The van der Waals surface area contributed by atoms with E-state index in [1.54, 1.807) is 29.2 Å². The maximum absolute atomic E-state index is 14.3. The topological polar surface area (TPSA) is 106 Å². The molecular formula is C31H32ClN3O6. The summed E-state index contributed by atoms with van der Waals surface area (Å²) in [6.07, 6.45) is 7.61. The monoisotopic (exact) mass is 577 g/mol. The molecule has 0 aromatic heterocycles. The smallest absolute Gasteiger partial charge is 0.246 e. The maximum atomic E-state index is 14.3. The van der Waals surface area contributed by atoms with Gasteiger partial charge in [0, 0.05) is 16.8 Å². The molecule has 2 aromatic rings. The Morgan fingerprint density at radius 1 is 1.02 bits per heavy atom. The third kappa shape index (κ3) is 4.55.